The first-order valence-corrected chi connectivity index (χ1v) is 6.33. The van der Waals surface area contributed by atoms with E-state index in [0.717, 1.165) is 19.3 Å². The van der Waals surface area contributed by atoms with E-state index in [1.807, 2.05) is 0 Å². The van der Waals surface area contributed by atoms with Gasteiger partial charge in [0.15, 0.2) is 0 Å². The number of rotatable bonds is 4. The fraction of sp³-hybridized carbons (Fsp3) is 0.615. The first-order valence-electron chi connectivity index (χ1n) is 6.33. The Balaban J connectivity index is 2.35. The summed E-state index contributed by atoms with van der Waals surface area (Å²) in [6, 6.07) is 1.57. The Morgan fingerprint density at radius 3 is 2.32 bits per heavy atom. The van der Waals surface area contributed by atoms with Gasteiger partial charge in [0.2, 0.25) is 11.8 Å². The highest BCUT2D eigenvalue weighted by Gasteiger charge is 2.30. The van der Waals surface area contributed by atoms with E-state index >= 15 is 0 Å². The van der Waals surface area contributed by atoms with Crippen LogP contribution in [0.25, 0.3) is 0 Å². The van der Waals surface area contributed by atoms with E-state index in [-0.39, 0.29) is 5.92 Å². The van der Waals surface area contributed by atoms with Gasteiger partial charge < -0.3 is 19.4 Å². The van der Waals surface area contributed by atoms with E-state index in [4.69, 9.17) is 9.47 Å². The second-order valence-electron chi connectivity index (χ2n) is 4.63. The second-order valence-corrected chi connectivity index (χ2v) is 4.63. The number of aliphatic carboxylic acids is 1. The molecule has 0 N–H and O–H groups in total. The third-order valence-electron chi connectivity index (χ3n) is 3.52. The second kappa shape index (κ2) is 5.86. The zero-order valence-electron chi connectivity index (χ0n) is 11.1. The average Bonchev–Trinajstić information content (AvgIpc) is 2.46. The summed E-state index contributed by atoms with van der Waals surface area (Å²) in [6.07, 6.45) is 3.22. The monoisotopic (exact) mass is 265 g/mol. The van der Waals surface area contributed by atoms with Gasteiger partial charge in [0.05, 0.1) is 20.3 Å². The fourth-order valence-electron chi connectivity index (χ4n) is 2.52. The van der Waals surface area contributed by atoms with E-state index in [1.54, 1.807) is 6.07 Å². The molecule has 0 amide bonds. The van der Waals surface area contributed by atoms with Crippen LogP contribution in [0.1, 0.15) is 37.4 Å². The smallest absolute Gasteiger partial charge is 0.220 e. The molecule has 2 rings (SSSR count). The van der Waals surface area contributed by atoms with Crippen LogP contribution in [0.4, 0.5) is 0 Å². The van der Waals surface area contributed by atoms with Gasteiger partial charge in [-0.25, -0.2) is 0 Å². The number of hydrogen-bond acceptors (Lipinski definition) is 6. The van der Waals surface area contributed by atoms with Crippen molar-refractivity contribution in [3.05, 3.63) is 11.9 Å². The molecule has 0 unspecified atom stereocenters. The van der Waals surface area contributed by atoms with Gasteiger partial charge in [-0.3, -0.25) is 0 Å². The molecule has 1 fully saturated rings. The molecule has 1 aromatic heterocycles. The van der Waals surface area contributed by atoms with Crippen molar-refractivity contribution in [2.45, 2.75) is 31.6 Å². The molecule has 1 saturated carbocycles. The molecule has 0 saturated heterocycles. The number of carboxylic acid groups (broad SMARTS) is 1. The predicted octanol–water partition coefficient (Wildman–Crippen LogP) is 0.517. The zero-order chi connectivity index (χ0) is 13.8. The minimum Gasteiger partial charge on any atom is -0.550 e. The van der Waals surface area contributed by atoms with Gasteiger partial charge in [-0.1, -0.05) is 12.8 Å². The summed E-state index contributed by atoms with van der Waals surface area (Å²) in [4.78, 5) is 19.7. The Morgan fingerprint density at radius 1 is 1.21 bits per heavy atom. The van der Waals surface area contributed by atoms with Gasteiger partial charge in [0.25, 0.3) is 0 Å². The SMILES string of the molecule is COc1cc(OC)nc([C@H]2CCCC[C@H]2C(=O)[O-])n1. The molecule has 1 aromatic rings. The highest BCUT2D eigenvalue weighted by atomic mass is 16.5. The maximum Gasteiger partial charge on any atom is 0.220 e. The van der Waals surface area contributed by atoms with Gasteiger partial charge in [0, 0.05) is 17.8 Å². The van der Waals surface area contributed by atoms with Crippen LogP contribution in [0, 0.1) is 5.92 Å². The molecular formula is C13H17N2O4-. The lowest BCUT2D eigenvalue weighted by atomic mass is 9.79. The average molecular weight is 265 g/mol. The number of carboxylic acids is 1. The topological polar surface area (TPSA) is 84.4 Å². The van der Waals surface area contributed by atoms with E-state index < -0.39 is 11.9 Å². The van der Waals surface area contributed by atoms with E-state index in [1.165, 1.54) is 14.2 Å². The lowest BCUT2D eigenvalue weighted by Gasteiger charge is -2.31. The summed E-state index contributed by atoms with van der Waals surface area (Å²) in [6.45, 7) is 0. The largest absolute Gasteiger partial charge is 0.550 e. The zero-order valence-corrected chi connectivity index (χ0v) is 11.1. The number of hydrogen-bond donors (Lipinski definition) is 0. The van der Waals surface area contributed by atoms with Crippen molar-refractivity contribution >= 4 is 5.97 Å². The van der Waals surface area contributed by atoms with Crippen LogP contribution in [0.2, 0.25) is 0 Å². The van der Waals surface area contributed by atoms with Crippen molar-refractivity contribution in [3.8, 4) is 11.8 Å². The third kappa shape index (κ3) is 2.94. The minimum absolute atomic E-state index is 0.234. The molecule has 0 aliphatic heterocycles. The maximum absolute atomic E-state index is 11.2. The van der Waals surface area contributed by atoms with E-state index in [9.17, 15) is 9.90 Å². The van der Waals surface area contributed by atoms with Crippen molar-refractivity contribution in [2.24, 2.45) is 5.92 Å². The number of methoxy groups -OCH3 is 2. The Morgan fingerprint density at radius 2 is 1.79 bits per heavy atom. The Labute approximate surface area is 111 Å². The van der Waals surface area contributed by atoms with Crippen LogP contribution in [0.5, 0.6) is 11.8 Å². The van der Waals surface area contributed by atoms with Crippen molar-refractivity contribution in [3.63, 3.8) is 0 Å². The molecular weight excluding hydrogens is 248 g/mol. The molecule has 6 heteroatoms. The predicted molar refractivity (Wildman–Crippen MR) is 64.8 cm³/mol. The Kier molecular flexibility index (Phi) is 4.19. The molecule has 2 atom stereocenters. The molecule has 0 spiro atoms. The van der Waals surface area contributed by atoms with Crippen LogP contribution in [-0.2, 0) is 4.79 Å². The van der Waals surface area contributed by atoms with Crippen LogP contribution in [0.3, 0.4) is 0 Å². The number of nitrogens with zero attached hydrogens (tertiary/aromatic N) is 2. The molecule has 0 radical (unpaired) electrons. The van der Waals surface area contributed by atoms with Crippen molar-refractivity contribution < 1.29 is 19.4 Å². The van der Waals surface area contributed by atoms with Gasteiger partial charge in [0.1, 0.15) is 5.82 Å². The number of carbonyl (C=O) groups excluding carboxylic acids is 1. The van der Waals surface area contributed by atoms with E-state index in [2.05, 4.69) is 9.97 Å². The molecule has 0 aromatic carbocycles. The first-order chi connectivity index (χ1) is 9.15. The molecule has 104 valence electrons. The summed E-state index contributed by atoms with van der Waals surface area (Å²) in [5, 5.41) is 11.2. The number of aromatic nitrogens is 2. The van der Waals surface area contributed by atoms with Crippen LogP contribution in [0.15, 0.2) is 6.07 Å². The lowest BCUT2D eigenvalue weighted by Crippen LogP contribution is -2.37. The third-order valence-corrected chi connectivity index (χ3v) is 3.52. The lowest BCUT2D eigenvalue weighted by molar-refractivity contribution is -0.313. The van der Waals surface area contributed by atoms with Crippen molar-refractivity contribution in [1.29, 1.82) is 0 Å². The van der Waals surface area contributed by atoms with Crippen molar-refractivity contribution in [2.75, 3.05) is 14.2 Å². The first kappa shape index (κ1) is 13.6. The fourth-order valence-corrected chi connectivity index (χ4v) is 2.52. The molecule has 0 bridgehead atoms. The summed E-state index contributed by atoms with van der Waals surface area (Å²) in [5.74, 6) is -0.581. The van der Waals surface area contributed by atoms with E-state index in [0.29, 0.717) is 24.0 Å². The summed E-state index contributed by atoms with van der Waals surface area (Å²) in [5.41, 5.74) is 0. The highest BCUT2D eigenvalue weighted by Crippen LogP contribution is 2.37. The maximum atomic E-state index is 11.2. The quantitative estimate of drug-likeness (QED) is 0.789. The molecule has 1 heterocycles. The van der Waals surface area contributed by atoms with Gasteiger partial charge in [-0.05, 0) is 12.8 Å². The Hall–Kier alpha value is -1.85. The van der Waals surface area contributed by atoms with Gasteiger partial charge in [-0.15, -0.1) is 0 Å². The number of carbonyl (C=O) groups is 1. The van der Waals surface area contributed by atoms with Crippen molar-refractivity contribution in [1.82, 2.24) is 9.97 Å². The summed E-state index contributed by atoms with van der Waals surface area (Å²) >= 11 is 0. The van der Waals surface area contributed by atoms with Crippen LogP contribution in [-0.4, -0.2) is 30.2 Å². The summed E-state index contributed by atoms with van der Waals surface area (Å²) < 4.78 is 10.2. The molecule has 19 heavy (non-hydrogen) atoms. The molecule has 1 aliphatic rings. The van der Waals surface area contributed by atoms with Gasteiger partial charge in [-0.2, -0.15) is 9.97 Å². The van der Waals surface area contributed by atoms with Crippen LogP contribution >= 0.6 is 0 Å². The highest BCUT2D eigenvalue weighted by molar-refractivity contribution is 5.69. The van der Waals surface area contributed by atoms with Crippen LogP contribution < -0.4 is 14.6 Å². The standard InChI is InChI=1S/C13H18N2O4/c1-18-10-7-11(19-2)15-12(14-10)8-5-3-4-6-9(8)13(16)17/h7-9H,3-6H2,1-2H3,(H,16,17)/p-1/t8-,9+/m0/s1. The van der Waals surface area contributed by atoms with Gasteiger partial charge >= 0.3 is 0 Å². The normalized spacial score (nSPS) is 22.8. The number of ether oxygens (including phenoxy) is 2. The Bertz CT molecular complexity index is 442. The summed E-state index contributed by atoms with van der Waals surface area (Å²) in [7, 11) is 3.01. The molecule has 6 nitrogen and oxygen atoms in total. The minimum atomic E-state index is -1.03. The molecule has 1 aliphatic carbocycles.